The van der Waals surface area contributed by atoms with Crippen LogP contribution in [0.25, 0.3) is 0 Å². The van der Waals surface area contributed by atoms with Crippen LogP contribution in [0.15, 0.2) is 10.2 Å². The Bertz CT molecular complexity index is 799. The van der Waals surface area contributed by atoms with Crippen molar-refractivity contribution in [3.63, 3.8) is 0 Å². The number of aromatic carboxylic acids is 2. The third-order valence-corrected chi connectivity index (χ3v) is 3.82. The molecule has 0 saturated carbocycles. The lowest BCUT2D eigenvalue weighted by molar-refractivity contribution is 0.0684. The number of aryl methyl sites for hydroxylation is 2. The Balaban J connectivity index is 2.23. The van der Waals surface area contributed by atoms with Gasteiger partial charge in [-0.05, 0) is 38.8 Å². The molecule has 0 aromatic carbocycles. The maximum absolute atomic E-state index is 11.2. The highest BCUT2D eigenvalue weighted by Crippen LogP contribution is 2.17. The lowest BCUT2D eigenvalue weighted by Gasteiger charge is -1.93. The number of carboxylic acid groups (broad SMARTS) is 2. The van der Waals surface area contributed by atoms with Gasteiger partial charge in [-0.25, -0.2) is 9.59 Å². The number of carboxylic acids is 2. The maximum atomic E-state index is 11.2. The minimum Gasteiger partial charge on any atom is -0.478 e. The standard InChI is InChI=1S/C16H18N4O4/c1-7-11(19-9(3)13(7)15(21)22)5-17-18-6-12-8(2)14(16(23)24)10(4)20-12/h5-6,19-20H,1-4H3,(H,21,22)(H,23,24)/b17-5-,18-6-. The van der Waals surface area contributed by atoms with Gasteiger partial charge in [0.2, 0.25) is 0 Å². The Morgan fingerprint density at radius 3 is 1.38 bits per heavy atom. The van der Waals surface area contributed by atoms with Crippen molar-refractivity contribution in [2.24, 2.45) is 10.2 Å². The number of nitrogens with one attached hydrogen (secondary N) is 2. The molecule has 0 unspecified atom stereocenters. The number of hydrogen-bond acceptors (Lipinski definition) is 4. The zero-order valence-electron chi connectivity index (χ0n) is 13.8. The predicted octanol–water partition coefficient (Wildman–Crippen LogP) is 2.43. The van der Waals surface area contributed by atoms with Crippen LogP contribution in [0.2, 0.25) is 0 Å². The van der Waals surface area contributed by atoms with Gasteiger partial charge in [-0.1, -0.05) is 0 Å². The summed E-state index contributed by atoms with van der Waals surface area (Å²) in [6, 6.07) is 0. The van der Waals surface area contributed by atoms with E-state index in [2.05, 4.69) is 20.2 Å². The first-order valence-electron chi connectivity index (χ1n) is 7.15. The fourth-order valence-corrected chi connectivity index (χ4v) is 2.63. The van der Waals surface area contributed by atoms with E-state index in [1.165, 1.54) is 12.4 Å². The highest BCUT2D eigenvalue weighted by atomic mass is 16.4. The second kappa shape index (κ2) is 6.53. The normalized spacial score (nSPS) is 11.7. The highest BCUT2D eigenvalue weighted by molar-refractivity contribution is 5.96. The molecular formula is C16H18N4O4. The molecule has 0 bridgehead atoms. The van der Waals surface area contributed by atoms with Gasteiger partial charge in [-0.15, -0.1) is 0 Å². The fourth-order valence-electron chi connectivity index (χ4n) is 2.63. The van der Waals surface area contributed by atoms with Crippen LogP contribution in [-0.2, 0) is 0 Å². The summed E-state index contributed by atoms with van der Waals surface area (Å²) >= 11 is 0. The first-order valence-corrected chi connectivity index (χ1v) is 7.15. The van der Waals surface area contributed by atoms with Crippen LogP contribution in [0, 0.1) is 27.7 Å². The molecule has 0 fully saturated rings. The summed E-state index contributed by atoms with van der Waals surface area (Å²) in [6.07, 6.45) is 2.85. The molecule has 0 saturated heterocycles. The van der Waals surface area contributed by atoms with Gasteiger partial charge in [0.15, 0.2) is 0 Å². The maximum Gasteiger partial charge on any atom is 0.337 e. The van der Waals surface area contributed by atoms with E-state index in [0.717, 1.165) is 0 Å². The molecule has 4 N–H and O–H groups in total. The van der Waals surface area contributed by atoms with Crippen molar-refractivity contribution in [3.8, 4) is 0 Å². The van der Waals surface area contributed by atoms with Crippen molar-refractivity contribution in [1.29, 1.82) is 0 Å². The molecule has 0 aliphatic rings. The average molecular weight is 330 g/mol. The van der Waals surface area contributed by atoms with Crippen LogP contribution in [0.3, 0.4) is 0 Å². The highest BCUT2D eigenvalue weighted by Gasteiger charge is 2.17. The molecule has 2 aromatic rings. The summed E-state index contributed by atoms with van der Waals surface area (Å²) < 4.78 is 0. The van der Waals surface area contributed by atoms with E-state index in [1.54, 1.807) is 27.7 Å². The van der Waals surface area contributed by atoms with Crippen molar-refractivity contribution >= 4 is 24.4 Å². The lowest BCUT2D eigenvalue weighted by Crippen LogP contribution is -1.99. The number of carbonyl (C=O) groups is 2. The van der Waals surface area contributed by atoms with Gasteiger partial charge in [0.1, 0.15) is 0 Å². The van der Waals surface area contributed by atoms with E-state index in [4.69, 9.17) is 10.2 Å². The van der Waals surface area contributed by atoms with Crippen LogP contribution in [-0.4, -0.2) is 44.5 Å². The molecule has 2 rings (SSSR count). The second-order valence-electron chi connectivity index (χ2n) is 5.43. The van der Waals surface area contributed by atoms with Gasteiger partial charge in [-0.2, -0.15) is 10.2 Å². The monoisotopic (exact) mass is 330 g/mol. The van der Waals surface area contributed by atoms with Gasteiger partial charge in [0, 0.05) is 11.4 Å². The summed E-state index contributed by atoms with van der Waals surface area (Å²) in [5.41, 5.74) is 3.84. The van der Waals surface area contributed by atoms with Gasteiger partial charge >= 0.3 is 11.9 Å². The van der Waals surface area contributed by atoms with Crippen molar-refractivity contribution in [2.45, 2.75) is 27.7 Å². The molecule has 0 radical (unpaired) electrons. The number of aromatic nitrogens is 2. The number of H-pyrrole nitrogens is 2. The number of aromatic amines is 2. The van der Waals surface area contributed by atoms with Crippen LogP contribution in [0.1, 0.15) is 54.6 Å². The van der Waals surface area contributed by atoms with Crippen LogP contribution in [0.5, 0.6) is 0 Å². The smallest absolute Gasteiger partial charge is 0.337 e. The Hall–Kier alpha value is -3.16. The van der Waals surface area contributed by atoms with Crippen LogP contribution >= 0.6 is 0 Å². The predicted molar refractivity (Wildman–Crippen MR) is 89.6 cm³/mol. The molecule has 2 heterocycles. The molecule has 8 nitrogen and oxygen atoms in total. The van der Waals surface area contributed by atoms with E-state index in [1.807, 2.05) is 0 Å². The van der Waals surface area contributed by atoms with E-state index in [0.29, 0.717) is 33.9 Å². The van der Waals surface area contributed by atoms with Gasteiger partial charge in [0.25, 0.3) is 0 Å². The van der Waals surface area contributed by atoms with E-state index in [9.17, 15) is 9.59 Å². The topological polar surface area (TPSA) is 131 Å². The van der Waals surface area contributed by atoms with Crippen molar-refractivity contribution in [1.82, 2.24) is 9.97 Å². The quantitative estimate of drug-likeness (QED) is 0.495. The average Bonchev–Trinajstić information content (AvgIpc) is 2.91. The number of nitrogens with zero attached hydrogens (tertiary/aromatic N) is 2. The Kier molecular flexibility index (Phi) is 4.68. The van der Waals surface area contributed by atoms with Crippen LogP contribution in [0.4, 0.5) is 0 Å². The Morgan fingerprint density at radius 2 is 1.12 bits per heavy atom. The summed E-state index contributed by atoms with van der Waals surface area (Å²) in [6.45, 7) is 6.73. The van der Waals surface area contributed by atoms with Crippen molar-refractivity contribution in [2.75, 3.05) is 0 Å². The van der Waals surface area contributed by atoms with Crippen molar-refractivity contribution < 1.29 is 19.8 Å². The van der Waals surface area contributed by atoms with Gasteiger partial charge < -0.3 is 20.2 Å². The van der Waals surface area contributed by atoms with E-state index in [-0.39, 0.29) is 11.1 Å². The lowest BCUT2D eigenvalue weighted by atomic mass is 10.1. The third-order valence-electron chi connectivity index (χ3n) is 3.82. The molecule has 8 heteroatoms. The molecule has 0 amide bonds. The molecule has 0 atom stereocenters. The van der Waals surface area contributed by atoms with Gasteiger partial charge in [-0.3, -0.25) is 0 Å². The zero-order chi connectivity index (χ0) is 18.0. The fraction of sp³-hybridized carbons (Fsp3) is 0.250. The number of hydrogen-bond donors (Lipinski definition) is 4. The minimum atomic E-state index is -0.997. The molecule has 0 spiro atoms. The zero-order valence-corrected chi connectivity index (χ0v) is 13.8. The van der Waals surface area contributed by atoms with Crippen molar-refractivity contribution in [3.05, 3.63) is 45.0 Å². The van der Waals surface area contributed by atoms with Gasteiger partial charge in [0.05, 0.1) is 34.9 Å². The summed E-state index contributed by atoms with van der Waals surface area (Å²) in [4.78, 5) is 28.2. The molecule has 126 valence electrons. The number of rotatable bonds is 5. The first kappa shape index (κ1) is 17.2. The van der Waals surface area contributed by atoms with E-state index >= 15 is 0 Å². The summed E-state index contributed by atoms with van der Waals surface area (Å²) in [5.74, 6) is -1.99. The Labute approximate surface area is 137 Å². The molecule has 0 aliphatic heterocycles. The largest absolute Gasteiger partial charge is 0.478 e. The van der Waals surface area contributed by atoms with E-state index < -0.39 is 11.9 Å². The molecule has 2 aromatic heterocycles. The van der Waals surface area contributed by atoms with Crippen LogP contribution < -0.4 is 0 Å². The summed E-state index contributed by atoms with van der Waals surface area (Å²) in [5, 5.41) is 26.1. The molecular weight excluding hydrogens is 312 g/mol. The molecule has 0 aliphatic carbocycles. The SMILES string of the molecule is Cc1[nH]c(/C=N\N=C/c2[nH]c(C)c(C(=O)O)c2C)c(C)c1C(=O)O. The first-order chi connectivity index (χ1) is 11.2. The minimum absolute atomic E-state index is 0.224. The molecule has 24 heavy (non-hydrogen) atoms. The summed E-state index contributed by atoms with van der Waals surface area (Å²) in [7, 11) is 0. The third kappa shape index (κ3) is 3.12. The Morgan fingerprint density at radius 1 is 0.792 bits per heavy atom. The second-order valence-corrected chi connectivity index (χ2v) is 5.43.